The van der Waals surface area contributed by atoms with Gasteiger partial charge in [0.1, 0.15) is 18.8 Å². The van der Waals surface area contributed by atoms with Gasteiger partial charge in [0.25, 0.3) is 5.91 Å². The van der Waals surface area contributed by atoms with Crippen LogP contribution in [0.2, 0.25) is 0 Å². The van der Waals surface area contributed by atoms with E-state index in [-0.39, 0.29) is 11.3 Å². The lowest BCUT2D eigenvalue weighted by molar-refractivity contribution is -0.221. The Hall–Kier alpha value is -2.33. The molecule has 1 unspecified atom stereocenters. The summed E-state index contributed by atoms with van der Waals surface area (Å²) in [5.41, 5.74) is 2.69. The maximum atomic E-state index is 12.7. The number of carbonyl (C=O) groups is 1. The Kier molecular flexibility index (Phi) is 3.22. The lowest BCUT2D eigenvalue weighted by atomic mass is 9.76. The van der Waals surface area contributed by atoms with Gasteiger partial charge in [-0.3, -0.25) is 9.63 Å². The van der Waals surface area contributed by atoms with Crippen LogP contribution in [-0.2, 0) is 21.7 Å². The predicted octanol–water partition coefficient (Wildman–Crippen LogP) is 3.47. The number of hydroxylamine groups is 2. The van der Waals surface area contributed by atoms with Gasteiger partial charge in [0.05, 0.1) is 0 Å². The van der Waals surface area contributed by atoms with E-state index in [1.165, 1.54) is 5.56 Å². The van der Waals surface area contributed by atoms with Crippen LogP contribution >= 0.6 is 0 Å². The SMILES string of the molecule is CC1(C)c2ccccc2N2CC(=O)N(OCc3ccccc3)C21C. The minimum absolute atomic E-state index is 0.0102. The van der Waals surface area contributed by atoms with E-state index in [4.69, 9.17) is 4.84 Å². The third-order valence-electron chi connectivity index (χ3n) is 5.70. The van der Waals surface area contributed by atoms with Crippen molar-refractivity contribution in [1.82, 2.24) is 5.06 Å². The lowest BCUT2D eigenvalue weighted by Crippen LogP contribution is -2.59. The molecule has 0 aromatic heterocycles. The molecule has 2 heterocycles. The van der Waals surface area contributed by atoms with Gasteiger partial charge in [0, 0.05) is 11.1 Å². The molecule has 2 aromatic carbocycles. The Morgan fingerprint density at radius 1 is 1.00 bits per heavy atom. The summed E-state index contributed by atoms with van der Waals surface area (Å²) < 4.78 is 0. The second-order valence-electron chi connectivity index (χ2n) is 7.20. The number of anilines is 1. The molecule has 2 aliphatic heterocycles. The molecule has 1 atom stereocenters. The number of amides is 1. The van der Waals surface area contributed by atoms with Crippen molar-refractivity contribution in [1.29, 1.82) is 0 Å². The first-order chi connectivity index (χ1) is 11.5. The first-order valence-corrected chi connectivity index (χ1v) is 8.33. The largest absolute Gasteiger partial charge is 0.336 e. The number of benzene rings is 2. The highest BCUT2D eigenvalue weighted by Crippen LogP contribution is 2.55. The van der Waals surface area contributed by atoms with Gasteiger partial charge < -0.3 is 4.90 Å². The molecular weight excluding hydrogens is 300 g/mol. The molecule has 24 heavy (non-hydrogen) atoms. The molecule has 0 N–H and O–H groups in total. The molecule has 0 spiro atoms. The molecule has 4 rings (SSSR count). The minimum atomic E-state index is -0.525. The summed E-state index contributed by atoms with van der Waals surface area (Å²) in [5.74, 6) is 0.0102. The number of fused-ring (bicyclic) bond motifs is 3. The molecule has 0 bridgehead atoms. The van der Waals surface area contributed by atoms with Crippen molar-refractivity contribution in [3.8, 4) is 0 Å². The molecule has 1 fully saturated rings. The van der Waals surface area contributed by atoms with Crippen molar-refractivity contribution in [2.24, 2.45) is 0 Å². The number of rotatable bonds is 3. The first-order valence-electron chi connectivity index (χ1n) is 8.33. The summed E-state index contributed by atoms with van der Waals surface area (Å²) in [7, 11) is 0. The summed E-state index contributed by atoms with van der Waals surface area (Å²) >= 11 is 0. The fraction of sp³-hybridized carbons (Fsp3) is 0.350. The second-order valence-corrected chi connectivity index (χ2v) is 7.20. The zero-order valence-electron chi connectivity index (χ0n) is 14.3. The number of hydrogen-bond acceptors (Lipinski definition) is 3. The van der Waals surface area contributed by atoms with Crippen LogP contribution < -0.4 is 4.90 Å². The van der Waals surface area contributed by atoms with Gasteiger partial charge in [-0.05, 0) is 24.1 Å². The van der Waals surface area contributed by atoms with Gasteiger partial charge in [-0.25, -0.2) is 0 Å². The summed E-state index contributed by atoms with van der Waals surface area (Å²) in [6.45, 7) is 7.21. The van der Waals surface area contributed by atoms with E-state index < -0.39 is 5.66 Å². The van der Waals surface area contributed by atoms with E-state index in [9.17, 15) is 4.79 Å². The molecule has 124 valence electrons. The highest BCUT2D eigenvalue weighted by atomic mass is 16.7. The Morgan fingerprint density at radius 3 is 2.42 bits per heavy atom. The van der Waals surface area contributed by atoms with Crippen LogP contribution in [0.15, 0.2) is 54.6 Å². The molecular formula is C20H22N2O2. The van der Waals surface area contributed by atoms with Gasteiger partial charge in [0.15, 0.2) is 0 Å². The minimum Gasteiger partial charge on any atom is -0.336 e. The third-order valence-corrected chi connectivity index (χ3v) is 5.70. The van der Waals surface area contributed by atoms with Crippen molar-refractivity contribution in [2.75, 3.05) is 11.4 Å². The van der Waals surface area contributed by atoms with Gasteiger partial charge in [-0.15, -0.1) is 0 Å². The molecule has 0 radical (unpaired) electrons. The molecule has 2 aromatic rings. The molecule has 0 saturated carbocycles. The van der Waals surface area contributed by atoms with Gasteiger partial charge in [-0.2, -0.15) is 5.06 Å². The normalized spacial score (nSPS) is 24.2. The van der Waals surface area contributed by atoms with E-state index in [1.807, 2.05) is 36.4 Å². The van der Waals surface area contributed by atoms with Crippen LogP contribution in [0.1, 0.15) is 31.9 Å². The highest BCUT2D eigenvalue weighted by molar-refractivity contribution is 5.89. The van der Waals surface area contributed by atoms with Crippen molar-refractivity contribution >= 4 is 11.6 Å². The average Bonchev–Trinajstić information content (AvgIpc) is 2.94. The maximum absolute atomic E-state index is 12.7. The smallest absolute Gasteiger partial charge is 0.268 e. The van der Waals surface area contributed by atoms with E-state index in [0.717, 1.165) is 11.3 Å². The highest BCUT2D eigenvalue weighted by Gasteiger charge is 2.63. The molecule has 0 aliphatic carbocycles. The Labute approximate surface area is 142 Å². The van der Waals surface area contributed by atoms with Crippen molar-refractivity contribution in [3.05, 3.63) is 65.7 Å². The molecule has 4 heteroatoms. The van der Waals surface area contributed by atoms with Crippen molar-refractivity contribution in [2.45, 2.75) is 38.5 Å². The predicted molar refractivity (Wildman–Crippen MR) is 93.3 cm³/mol. The lowest BCUT2D eigenvalue weighted by Gasteiger charge is -2.44. The Morgan fingerprint density at radius 2 is 1.67 bits per heavy atom. The van der Waals surface area contributed by atoms with Crippen LogP contribution in [-0.4, -0.2) is 23.2 Å². The number of hydrogen-bond donors (Lipinski definition) is 0. The van der Waals surface area contributed by atoms with Gasteiger partial charge in [-0.1, -0.05) is 62.4 Å². The second kappa shape index (κ2) is 5.08. The topological polar surface area (TPSA) is 32.8 Å². The number of nitrogens with zero attached hydrogens (tertiary/aromatic N) is 2. The average molecular weight is 322 g/mol. The maximum Gasteiger partial charge on any atom is 0.268 e. The third kappa shape index (κ3) is 1.86. The zero-order valence-corrected chi connectivity index (χ0v) is 14.3. The van der Waals surface area contributed by atoms with Crippen LogP contribution in [0.5, 0.6) is 0 Å². The summed E-state index contributed by atoms with van der Waals surface area (Å²) in [6, 6.07) is 18.3. The molecule has 1 saturated heterocycles. The molecule has 1 amide bonds. The summed E-state index contributed by atoms with van der Waals surface area (Å²) in [4.78, 5) is 20.9. The quantitative estimate of drug-likeness (QED) is 0.867. The summed E-state index contributed by atoms with van der Waals surface area (Å²) in [5, 5.41) is 1.60. The molecule has 4 nitrogen and oxygen atoms in total. The fourth-order valence-electron chi connectivity index (χ4n) is 4.02. The van der Waals surface area contributed by atoms with E-state index >= 15 is 0 Å². The van der Waals surface area contributed by atoms with E-state index in [2.05, 4.69) is 43.9 Å². The zero-order chi connectivity index (χ0) is 16.9. The van der Waals surface area contributed by atoms with Gasteiger partial charge >= 0.3 is 0 Å². The number of para-hydroxylation sites is 1. The Balaban J connectivity index is 1.69. The fourth-order valence-corrected chi connectivity index (χ4v) is 4.02. The van der Waals surface area contributed by atoms with Crippen LogP contribution in [0.4, 0.5) is 5.69 Å². The van der Waals surface area contributed by atoms with Gasteiger partial charge in [0.2, 0.25) is 0 Å². The number of carbonyl (C=O) groups excluding carboxylic acids is 1. The van der Waals surface area contributed by atoms with E-state index in [0.29, 0.717) is 13.2 Å². The standard InChI is InChI=1S/C20H22N2O2/c1-19(2)16-11-7-8-12-17(16)21-13-18(23)22(20(19,21)3)24-14-15-9-5-4-6-10-15/h4-12H,13-14H2,1-3H3. The monoisotopic (exact) mass is 322 g/mol. The van der Waals surface area contributed by atoms with Crippen LogP contribution in [0, 0.1) is 0 Å². The van der Waals surface area contributed by atoms with Crippen LogP contribution in [0.25, 0.3) is 0 Å². The summed E-state index contributed by atoms with van der Waals surface area (Å²) in [6.07, 6.45) is 0. The first kappa shape index (κ1) is 15.2. The Bertz CT molecular complexity index is 787. The van der Waals surface area contributed by atoms with Crippen LogP contribution in [0.3, 0.4) is 0 Å². The van der Waals surface area contributed by atoms with E-state index in [1.54, 1.807) is 5.06 Å². The molecule has 2 aliphatic rings. The van der Waals surface area contributed by atoms with Crippen molar-refractivity contribution < 1.29 is 9.63 Å². The van der Waals surface area contributed by atoms with Crippen molar-refractivity contribution in [3.63, 3.8) is 0 Å².